The van der Waals surface area contributed by atoms with Crippen LogP contribution in [0, 0.1) is 11.8 Å². The van der Waals surface area contributed by atoms with E-state index in [9.17, 15) is 4.79 Å². The molecule has 0 aromatic carbocycles. The van der Waals surface area contributed by atoms with E-state index in [1.165, 1.54) is 0 Å². The van der Waals surface area contributed by atoms with Gasteiger partial charge in [-0.05, 0) is 25.0 Å². The summed E-state index contributed by atoms with van der Waals surface area (Å²) >= 11 is 0. The third-order valence-corrected chi connectivity index (χ3v) is 5.07. The van der Waals surface area contributed by atoms with Crippen LogP contribution in [0.15, 0.2) is 24.4 Å². The Morgan fingerprint density at radius 1 is 1.30 bits per heavy atom. The minimum Gasteiger partial charge on any atom is -0.376 e. The van der Waals surface area contributed by atoms with Gasteiger partial charge in [-0.2, -0.15) is 0 Å². The van der Waals surface area contributed by atoms with Crippen LogP contribution in [0.3, 0.4) is 0 Å². The zero-order chi connectivity index (χ0) is 15.6. The Morgan fingerprint density at radius 3 is 3.04 bits per heavy atom. The van der Waals surface area contributed by atoms with Crippen molar-refractivity contribution >= 4 is 5.91 Å². The third-order valence-electron chi connectivity index (χ3n) is 5.07. The number of amides is 1. The predicted molar refractivity (Wildman–Crippen MR) is 83.1 cm³/mol. The lowest BCUT2D eigenvalue weighted by Gasteiger charge is -2.29. The SMILES string of the molecule is O=C([C@H]1CO[C@@H]2CN(Cc3ccccn3)C[C@H]12)N1CCCCO1. The highest BCUT2D eigenvalue weighted by Gasteiger charge is 2.48. The van der Waals surface area contributed by atoms with E-state index in [0.29, 0.717) is 19.8 Å². The summed E-state index contributed by atoms with van der Waals surface area (Å²) in [4.78, 5) is 25.0. The van der Waals surface area contributed by atoms with Gasteiger partial charge in [-0.1, -0.05) is 6.07 Å². The fraction of sp³-hybridized carbons (Fsp3) is 0.647. The van der Waals surface area contributed by atoms with Crippen LogP contribution in [0.4, 0.5) is 0 Å². The maximum Gasteiger partial charge on any atom is 0.251 e. The van der Waals surface area contributed by atoms with Crippen molar-refractivity contribution in [1.29, 1.82) is 0 Å². The Morgan fingerprint density at radius 2 is 2.26 bits per heavy atom. The predicted octanol–water partition coefficient (Wildman–Crippen LogP) is 1.08. The molecule has 0 aliphatic carbocycles. The minimum atomic E-state index is -0.0631. The molecule has 6 nitrogen and oxygen atoms in total. The van der Waals surface area contributed by atoms with Crippen molar-refractivity contribution in [3.05, 3.63) is 30.1 Å². The summed E-state index contributed by atoms with van der Waals surface area (Å²) in [6.45, 7) is 4.49. The second-order valence-electron chi connectivity index (χ2n) is 6.64. The average Bonchev–Trinajstić information content (AvgIpc) is 3.16. The van der Waals surface area contributed by atoms with Gasteiger partial charge in [0.15, 0.2) is 0 Å². The normalized spacial score (nSPS) is 31.3. The van der Waals surface area contributed by atoms with Crippen LogP contribution < -0.4 is 0 Å². The molecular formula is C17H23N3O3. The summed E-state index contributed by atoms with van der Waals surface area (Å²) in [7, 11) is 0. The fourth-order valence-corrected chi connectivity index (χ4v) is 3.85. The van der Waals surface area contributed by atoms with E-state index in [-0.39, 0.29) is 23.8 Å². The third kappa shape index (κ3) is 3.11. The summed E-state index contributed by atoms with van der Waals surface area (Å²) < 4.78 is 5.90. The van der Waals surface area contributed by atoms with E-state index < -0.39 is 0 Å². The first-order valence-corrected chi connectivity index (χ1v) is 8.49. The van der Waals surface area contributed by atoms with Gasteiger partial charge in [0.2, 0.25) is 0 Å². The van der Waals surface area contributed by atoms with Gasteiger partial charge in [0.25, 0.3) is 5.91 Å². The molecule has 1 aromatic rings. The van der Waals surface area contributed by atoms with Crippen LogP contribution in [0.25, 0.3) is 0 Å². The molecule has 0 N–H and O–H groups in total. The largest absolute Gasteiger partial charge is 0.376 e. The Labute approximate surface area is 136 Å². The number of pyridine rings is 1. The summed E-state index contributed by atoms with van der Waals surface area (Å²) in [5.41, 5.74) is 1.06. The lowest BCUT2D eigenvalue weighted by Crippen LogP contribution is -2.42. The molecule has 0 radical (unpaired) electrons. The highest BCUT2D eigenvalue weighted by Crippen LogP contribution is 2.35. The molecule has 0 bridgehead atoms. The van der Waals surface area contributed by atoms with E-state index >= 15 is 0 Å². The van der Waals surface area contributed by atoms with Gasteiger partial charge in [0.05, 0.1) is 30.9 Å². The number of carbonyl (C=O) groups is 1. The van der Waals surface area contributed by atoms with Crippen molar-refractivity contribution in [2.24, 2.45) is 11.8 Å². The van der Waals surface area contributed by atoms with E-state index in [1.807, 2.05) is 24.4 Å². The topological polar surface area (TPSA) is 54.9 Å². The number of fused-ring (bicyclic) bond motifs is 1. The number of likely N-dealkylation sites (tertiary alicyclic amines) is 1. The number of carbonyl (C=O) groups excluding carboxylic acids is 1. The number of rotatable bonds is 3. The second kappa shape index (κ2) is 6.55. The van der Waals surface area contributed by atoms with E-state index in [4.69, 9.17) is 9.57 Å². The van der Waals surface area contributed by atoms with Gasteiger partial charge < -0.3 is 4.74 Å². The molecule has 3 aliphatic rings. The van der Waals surface area contributed by atoms with Crippen LogP contribution in [0.5, 0.6) is 0 Å². The number of hydrogen-bond acceptors (Lipinski definition) is 5. The molecule has 1 aromatic heterocycles. The van der Waals surface area contributed by atoms with E-state index in [1.54, 1.807) is 5.06 Å². The number of hydrogen-bond donors (Lipinski definition) is 0. The van der Waals surface area contributed by atoms with Gasteiger partial charge in [0.1, 0.15) is 0 Å². The van der Waals surface area contributed by atoms with Crippen LogP contribution in [-0.2, 0) is 20.9 Å². The Balaban J connectivity index is 1.38. The molecule has 3 saturated heterocycles. The fourth-order valence-electron chi connectivity index (χ4n) is 3.85. The van der Waals surface area contributed by atoms with Crippen LogP contribution in [0.1, 0.15) is 18.5 Å². The molecule has 4 rings (SSSR count). The molecule has 0 spiro atoms. The Kier molecular flexibility index (Phi) is 4.29. The molecule has 3 fully saturated rings. The standard InChI is InChI=1S/C17H23N3O3/c21-17(20-7-3-4-8-23-20)15-12-22-16-11-19(10-14(15)16)9-13-5-1-2-6-18-13/h1-2,5-6,14-16H,3-4,7-12H2/t14-,15+,16-/m1/s1. The zero-order valence-corrected chi connectivity index (χ0v) is 13.3. The highest BCUT2D eigenvalue weighted by molar-refractivity contribution is 5.78. The number of aromatic nitrogens is 1. The van der Waals surface area contributed by atoms with Gasteiger partial charge in [0, 0.05) is 38.3 Å². The number of nitrogens with zero attached hydrogens (tertiary/aromatic N) is 3. The van der Waals surface area contributed by atoms with Gasteiger partial charge in [-0.25, -0.2) is 5.06 Å². The van der Waals surface area contributed by atoms with Crippen molar-refractivity contribution < 1.29 is 14.4 Å². The smallest absolute Gasteiger partial charge is 0.251 e. The van der Waals surface area contributed by atoms with Crippen molar-refractivity contribution in [3.63, 3.8) is 0 Å². The summed E-state index contributed by atoms with van der Waals surface area (Å²) in [5, 5.41) is 1.57. The quantitative estimate of drug-likeness (QED) is 0.835. The molecule has 23 heavy (non-hydrogen) atoms. The average molecular weight is 317 g/mol. The van der Waals surface area contributed by atoms with Crippen molar-refractivity contribution in [3.8, 4) is 0 Å². The minimum absolute atomic E-state index is 0.0631. The van der Waals surface area contributed by atoms with E-state index in [2.05, 4.69) is 9.88 Å². The number of hydroxylamine groups is 2. The first-order chi connectivity index (χ1) is 11.3. The van der Waals surface area contributed by atoms with Gasteiger partial charge >= 0.3 is 0 Å². The first kappa shape index (κ1) is 15.1. The molecule has 0 saturated carbocycles. The summed E-state index contributed by atoms with van der Waals surface area (Å²) in [5.74, 6) is 0.320. The molecule has 1 amide bonds. The Hall–Kier alpha value is -1.50. The van der Waals surface area contributed by atoms with Gasteiger partial charge in [-0.3, -0.25) is 19.5 Å². The first-order valence-electron chi connectivity index (χ1n) is 8.49. The molecule has 6 heteroatoms. The van der Waals surface area contributed by atoms with Gasteiger partial charge in [-0.15, -0.1) is 0 Å². The Bertz CT molecular complexity index is 547. The van der Waals surface area contributed by atoms with Crippen LogP contribution in [-0.4, -0.2) is 59.8 Å². The second-order valence-corrected chi connectivity index (χ2v) is 6.64. The van der Waals surface area contributed by atoms with Crippen LogP contribution in [0.2, 0.25) is 0 Å². The van der Waals surface area contributed by atoms with Crippen molar-refractivity contribution in [2.75, 3.05) is 32.8 Å². The van der Waals surface area contributed by atoms with Crippen LogP contribution >= 0.6 is 0 Å². The summed E-state index contributed by atoms with van der Waals surface area (Å²) in [6.07, 6.45) is 4.05. The van der Waals surface area contributed by atoms with E-state index in [0.717, 1.165) is 38.2 Å². The maximum absolute atomic E-state index is 12.7. The lowest BCUT2D eigenvalue weighted by atomic mass is 9.92. The molecular weight excluding hydrogens is 294 g/mol. The van der Waals surface area contributed by atoms with Crippen molar-refractivity contribution in [1.82, 2.24) is 14.9 Å². The number of ether oxygens (including phenoxy) is 1. The summed E-state index contributed by atoms with van der Waals surface area (Å²) in [6, 6.07) is 5.98. The maximum atomic E-state index is 12.7. The highest BCUT2D eigenvalue weighted by atomic mass is 16.7. The zero-order valence-electron chi connectivity index (χ0n) is 13.3. The van der Waals surface area contributed by atoms with Crippen molar-refractivity contribution in [2.45, 2.75) is 25.5 Å². The molecule has 3 aliphatic heterocycles. The lowest BCUT2D eigenvalue weighted by molar-refractivity contribution is -0.202. The monoisotopic (exact) mass is 317 g/mol. The molecule has 0 unspecified atom stereocenters. The molecule has 3 atom stereocenters. The molecule has 4 heterocycles. The molecule has 124 valence electrons.